The molecule has 0 radical (unpaired) electrons. The lowest BCUT2D eigenvalue weighted by molar-refractivity contribution is -0.119. The molecule has 0 atom stereocenters. The Morgan fingerprint density at radius 1 is 0.742 bits per heavy atom. The minimum Gasteiger partial charge on any atom is -0.488 e. The van der Waals surface area contributed by atoms with Crippen LogP contribution in [0.3, 0.4) is 0 Å². The van der Waals surface area contributed by atoms with E-state index in [0.717, 1.165) is 16.3 Å². The van der Waals surface area contributed by atoms with Crippen molar-refractivity contribution in [3.05, 3.63) is 108 Å². The number of anilines is 1. The van der Waals surface area contributed by atoms with Gasteiger partial charge in [-0.25, -0.2) is 4.79 Å². The zero-order chi connectivity index (χ0) is 21.5. The number of nitrogens with one attached hydrogen (secondary N) is 1. The Morgan fingerprint density at radius 2 is 1.45 bits per heavy atom. The van der Waals surface area contributed by atoms with E-state index in [4.69, 9.17) is 9.47 Å². The molecule has 0 aliphatic heterocycles. The van der Waals surface area contributed by atoms with E-state index in [-0.39, 0.29) is 5.56 Å². The van der Waals surface area contributed by atoms with Gasteiger partial charge >= 0.3 is 5.97 Å². The largest absolute Gasteiger partial charge is 0.488 e. The number of para-hydroxylation sites is 1. The number of esters is 1. The third-order valence-electron chi connectivity index (χ3n) is 4.74. The number of carbonyl (C=O) groups is 2. The number of hydrogen-bond donors (Lipinski definition) is 1. The molecule has 1 N–H and O–H groups in total. The maximum atomic E-state index is 12.6. The molecule has 0 bridgehead atoms. The van der Waals surface area contributed by atoms with E-state index in [1.807, 2.05) is 72.8 Å². The van der Waals surface area contributed by atoms with Crippen LogP contribution in [0.2, 0.25) is 0 Å². The van der Waals surface area contributed by atoms with Crippen molar-refractivity contribution < 1.29 is 19.1 Å². The highest BCUT2D eigenvalue weighted by atomic mass is 16.5. The Bertz CT molecular complexity index is 1200. The Kier molecular flexibility index (Phi) is 6.24. The van der Waals surface area contributed by atoms with Gasteiger partial charge in [0, 0.05) is 11.1 Å². The Morgan fingerprint density at radius 3 is 2.32 bits per heavy atom. The van der Waals surface area contributed by atoms with Crippen LogP contribution in [0.5, 0.6) is 5.75 Å². The second-order valence-electron chi connectivity index (χ2n) is 6.92. The van der Waals surface area contributed by atoms with Crippen LogP contribution in [0.1, 0.15) is 15.9 Å². The summed E-state index contributed by atoms with van der Waals surface area (Å²) in [4.78, 5) is 24.9. The Balaban J connectivity index is 1.38. The summed E-state index contributed by atoms with van der Waals surface area (Å²) in [5.41, 5.74) is 1.93. The molecule has 0 aliphatic carbocycles. The third-order valence-corrected chi connectivity index (χ3v) is 4.74. The van der Waals surface area contributed by atoms with Crippen LogP contribution in [0.25, 0.3) is 10.8 Å². The number of rotatable bonds is 7. The molecule has 0 spiro atoms. The van der Waals surface area contributed by atoms with Gasteiger partial charge in [0.05, 0.1) is 0 Å². The molecule has 0 fully saturated rings. The van der Waals surface area contributed by atoms with Crippen molar-refractivity contribution in [1.82, 2.24) is 0 Å². The lowest BCUT2D eigenvalue weighted by atomic mass is 10.1. The summed E-state index contributed by atoms with van der Waals surface area (Å²) >= 11 is 0. The van der Waals surface area contributed by atoms with Gasteiger partial charge in [-0.3, -0.25) is 4.79 Å². The molecule has 4 rings (SSSR count). The zero-order valence-electron chi connectivity index (χ0n) is 16.8. The molecule has 0 saturated heterocycles. The highest BCUT2D eigenvalue weighted by Gasteiger charge is 2.16. The van der Waals surface area contributed by atoms with Crippen molar-refractivity contribution in [2.24, 2.45) is 0 Å². The Labute approximate surface area is 180 Å². The van der Waals surface area contributed by atoms with Crippen LogP contribution in [-0.4, -0.2) is 18.5 Å². The van der Waals surface area contributed by atoms with Gasteiger partial charge in [-0.2, -0.15) is 0 Å². The molecule has 0 heterocycles. The third kappa shape index (κ3) is 5.08. The van der Waals surface area contributed by atoms with E-state index in [1.54, 1.807) is 24.3 Å². The van der Waals surface area contributed by atoms with Gasteiger partial charge in [0.15, 0.2) is 6.61 Å². The van der Waals surface area contributed by atoms with Crippen molar-refractivity contribution >= 4 is 28.3 Å². The number of hydrogen-bond acceptors (Lipinski definition) is 4. The van der Waals surface area contributed by atoms with Crippen LogP contribution in [0.4, 0.5) is 5.69 Å². The highest BCUT2D eigenvalue weighted by molar-refractivity contribution is 6.03. The summed E-state index contributed by atoms with van der Waals surface area (Å²) in [6.07, 6.45) is 0. The van der Waals surface area contributed by atoms with Gasteiger partial charge in [0.1, 0.15) is 17.9 Å². The summed E-state index contributed by atoms with van der Waals surface area (Å²) in [7, 11) is 0. The standard InChI is InChI=1S/C26H21NO4/c28-25(27-23-15-8-12-20-11-4-5-13-21(20)23)18-31-26(29)22-14-6-7-16-24(22)30-17-19-9-2-1-3-10-19/h1-16H,17-18H2,(H,27,28). The first-order valence-corrected chi connectivity index (χ1v) is 9.91. The SMILES string of the molecule is O=C(COC(=O)c1ccccc1OCc1ccccc1)Nc1cccc2ccccc12. The minimum absolute atomic E-state index is 0.274. The first-order valence-electron chi connectivity index (χ1n) is 9.91. The van der Waals surface area contributed by atoms with Gasteiger partial charge in [-0.05, 0) is 29.1 Å². The summed E-state index contributed by atoms with van der Waals surface area (Å²) in [6, 6.07) is 29.9. The maximum absolute atomic E-state index is 12.6. The molecule has 5 nitrogen and oxygen atoms in total. The molecule has 4 aromatic rings. The predicted molar refractivity (Wildman–Crippen MR) is 120 cm³/mol. The van der Waals surface area contributed by atoms with Crippen LogP contribution in [0, 0.1) is 0 Å². The summed E-state index contributed by atoms with van der Waals surface area (Å²) in [5, 5.41) is 4.74. The first kappa shape index (κ1) is 20.2. The lowest BCUT2D eigenvalue weighted by Gasteiger charge is -2.12. The molecular weight excluding hydrogens is 390 g/mol. The quantitative estimate of drug-likeness (QED) is 0.424. The fourth-order valence-electron chi connectivity index (χ4n) is 3.23. The number of amides is 1. The summed E-state index contributed by atoms with van der Waals surface area (Å²) in [6.45, 7) is -0.0677. The summed E-state index contributed by atoms with van der Waals surface area (Å²) < 4.78 is 11.0. The fourth-order valence-corrected chi connectivity index (χ4v) is 3.23. The van der Waals surface area contributed by atoms with Crippen LogP contribution in [0.15, 0.2) is 97.1 Å². The molecule has 0 unspecified atom stereocenters. The van der Waals surface area contributed by atoms with Gasteiger partial charge in [0.2, 0.25) is 0 Å². The molecule has 4 aromatic carbocycles. The van der Waals surface area contributed by atoms with E-state index < -0.39 is 18.5 Å². The van der Waals surface area contributed by atoms with Gasteiger partial charge in [-0.15, -0.1) is 0 Å². The molecule has 5 heteroatoms. The molecule has 0 aromatic heterocycles. The van der Waals surface area contributed by atoms with Crippen molar-refractivity contribution in [3.63, 3.8) is 0 Å². The topological polar surface area (TPSA) is 64.6 Å². The number of fused-ring (bicyclic) bond motifs is 1. The lowest BCUT2D eigenvalue weighted by Crippen LogP contribution is -2.21. The predicted octanol–water partition coefficient (Wildman–Crippen LogP) is 5.21. The molecular formula is C26H21NO4. The van der Waals surface area contributed by atoms with Crippen LogP contribution in [-0.2, 0) is 16.1 Å². The second kappa shape index (κ2) is 9.59. The average molecular weight is 411 g/mol. The van der Waals surface area contributed by atoms with E-state index >= 15 is 0 Å². The second-order valence-corrected chi connectivity index (χ2v) is 6.92. The van der Waals surface area contributed by atoms with E-state index in [0.29, 0.717) is 18.0 Å². The normalized spacial score (nSPS) is 10.5. The number of ether oxygens (including phenoxy) is 2. The van der Waals surface area contributed by atoms with Crippen molar-refractivity contribution in [3.8, 4) is 5.75 Å². The van der Waals surface area contributed by atoms with Gasteiger partial charge in [-0.1, -0.05) is 78.9 Å². The van der Waals surface area contributed by atoms with Crippen LogP contribution < -0.4 is 10.1 Å². The molecule has 154 valence electrons. The zero-order valence-corrected chi connectivity index (χ0v) is 16.8. The smallest absolute Gasteiger partial charge is 0.342 e. The van der Waals surface area contributed by atoms with E-state index in [9.17, 15) is 9.59 Å². The van der Waals surface area contributed by atoms with Crippen molar-refractivity contribution in [1.29, 1.82) is 0 Å². The van der Waals surface area contributed by atoms with Gasteiger partial charge in [0.25, 0.3) is 5.91 Å². The fraction of sp³-hybridized carbons (Fsp3) is 0.0769. The molecule has 1 amide bonds. The molecule has 0 aliphatic rings. The van der Waals surface area contributed by atoms with Crippen molar-refractivity contribution in [2.45, 2.75) is 6.61 Å². The van der Waals surface area contributed by atoms with Gasteiger partial charge < -0.3 is 14.8 Å². The average Bonchev–Trinajstić information content (AvgIpc) is 2.82. The summed E-state index contributed by atoms with van der Waals surface area (Å²) in [5.74, 6) is -0.616. The van der Waals surface area contributed by atoms with E-state index in [1.165, 1.54) is 0 Å². The van der Waals surface area contributed by atoms with E-state index in [2.05, 4.69) is 5.32 Å². The Hall–Kier alpha value is -4.12. The first-order chi connectivity index (χ1) is 15.2. The molecule has 0 saturated carbocycles. The highest BCUT2D eigenvalue weighted by Crippen LogP contribution is 2.23. The number of benzene rings is 4. The maximum Gasteiger partial charge on any atom is 0.342 e. The minimum atomic E-state index is -0.614. The van der Waals surface area contributed by atoms with Crippen LogP contribution >= 0.6 is 0 Å². The monoisotopic (exact) mass is 411 g/mol. The molecule has 31 heavy (non-hydrogen) atoms. The van der Waals surface area contributed by atoms with Crippen molar-refractivity contribution in [2.75, 3.05) is 11.9 Å². The number of carbonyl (C=O) groups excluding carboxylic acids is 2.